The van der Waals surface area contributed by atoms with Crippen LogP contribution in [0.5, 0.6) is 5.75 Å². The number of benzene rings is 1. The van der Waals surface area contributed by atoms with E-state index in [0.717, 1.165) is 12.3 Å². The van der Waals surface area contributed by atoms with E-state index < -0.39 is 0 Å². The smallest absolute Gasteiger partial charge is 0.192 e. The van der Waals surface area contributed by atoms with E-state index >= 15 is 0 Å². The van der Waals surface area contributed by atoms with Gasteiger partial charge in [-0.2, -0.15) is 0 Å². The lowest BCUT2D eigenvalue weighted by Gasteiger charge is -2.27. The number of nitrogens with two attached hydrogens (primary N) is 1. The van der Waals surface area contributed by atoms with Gasteiger partial charge in [-0.25, -0.2) is 0 Å². The van der Waals surface area contributed by atoms with E-state index in [0.29, 0.717) is 12.0 Å². The molecule has 0 bridgehead atoms. The zero-order valence-corrected chi connectivity index (χ0v) is 9.97. The first kappa shape index (κ1) is 10.4. The Morgan fingerprint density at radius 1 is 1.35 bits per heavy atom. The van der Waals surface area contributed by atoms with Crippen LogP contribution in [-0.2, 0) is 0 Å². The van der Waals surface area contributed by atoms with E-state index in [-0.39, 0.29) is 6.04 Å². The van der Waals surface area contributed by atoms with Crippen LogP contribution in [0.2, 0.25) is 0 Å². The molecule has 1 saturated carbocycles. The van der Waals surface area contributed by atoms with Crippen LogP contribution in [0.25, 0.3) is 0 Å². The zero-order valence-electron chi connectivity index (χ0n) is 9.97. The first-order chi connectivity index (χ1) is 8.31. The number of aliphatic imine (C=N–C) groups is 1. The highest BCUT2D eigenvalue weighted by Crippen LogP contribution is 2.39. The maximum atomic E-state index is 5.97. The summed E-state index contributed by atoms with van der Waals surface area (Å²) in [6, 6.07) is 8.96. The molecule has 0 saturated heterocycles. The van der Waals surface area contributed by atoms with E-state index in [1.54, 1.807) is 7.11 Å². The third-order valence-corrected chi connectivity index (χ3v) is 3.46. The number of hydrogen-bond donors (Lipinski definition) is 1. The van der Waals surface area contributed by atoms with E-state index in [1.165, 1.54) is 18.4 Å². The highest BCUT2D eigenvalue weighted by Gasteiger charge is 2.39. The summed E-state index contributed by atoms with van der Waals surface area (Å²) in [5.41, 5.74) is 7.16. The van der Waals surface area contributed by atoms with Crippen LogP contribution in [0.3, 0.4) is 0 Å². The Hall–Kier alpha value is -1.71. The molecular formula is C13H17N3O. The average Bonchev–Trinajstić information content (AvgIpc) is 3.12. The van der Waals surface area contributed by atoms with E-state index in [1.807, 2.05) is 18.2 Å². The average molecular weight is 231 g/mol. The van der Waals surface area contributed by atoms with Crippen molar-refractivity contribution in [1.29, 1.82) is 0 Å². The molecule has 1 heterocycles. The Kier molecular flexibility index (Phi) is 2.42. The van der Waals surface area contributed by atoms with E-state index in [2.05, 4.69) is 16.0 Å². The summed E-state index contributed by atoms with van der Waals surface area (Å²) in [5, 5.41) is 0. The number of rotatable bonds is 3. The number of hydrogen-bond acceptors (Lipinski definition) is 4. The van der Waals surface area contributed by atoms with Crippen molar-refractivity contribution in [1.82, 2.24) is 4.90 Å². The minimum Gasteiger partial charge on any atom is -0.496 e. The lowest BCUT2D eigenvalue weighted by molar-refractivity contribution is 0.323. The van der Waals surface area contributed by atoms with E-state index in [4.69, 9.17) is 10.5 Å². The number of ether oxygens (including phenoxy) is 1. The van der Waals surface area contributed by atoms with Crippen molar-refractivity contribution < 1.29 is 4.74 Å². The monoisotopic (exact) mass is 231 g/mol. The van der Waals surface area contributed by atoms with Gasteiger partial charge in [0.15, 0.2) is 5.96 Å². The largest absolute Gasteiger partial charge is 0.496 e. The predicted molar refractivity (Wildman–Crippen MR) is 67.1 cm³/mol. The molecule has 0 amide bonds. The van der Waals surface area contributed by atoms with Gasteiger partial charge in [0.2, 0.25) is 0 Å². The van der Waals surface area contributed by atoms with Gasteiger partial charge < -0.3 is 15.4 Å². The summed E-state index contributed by atoms with van der Waals surface area (Å²) >= 11 is 0. The fraction of sp³-hybridized carbons (Fsp3) is 0.462. The van der Waals surface area contributed by atoms with E-state index in [9.17, 15) is 0 Å². The summed E-state index contributed by atoms with van der Waals surface area (Å²) < 4.78 is 5.42. The highest BCUT2D eigenvalue weighted by atomic mass is 16.5. The van der Waals surface area contributed by atoms with Crippen molar-refractivity contribution in [2.24, 2.45) is 10.7 Å². The molecule has 1 unspecified atom stereocenters. The fourth-order valence-electron chi connectivity index (χ4n) is 2.49. The topological polar surface area (TPSA) is 50.9 Å². The molecule has 2 N–H and O–H groups in total. The van der Waals surface area contributed by atoms with Crippen LogP contribution >= 0.6 is 0 Å². The molecule has 4 nitrogen and oxygen atoms in total. The molecule has 1 atom stereocenters. The quantitative estimate of drug-likeness (QED) is 0.858. The van der Waals surface area contributed by atoms with Gasteiger partial charge in [-0.15, -0.1) is 0 Å². The molecule has 0 spiro atoms. The zero-order chi connectivity index (χ0) is 11.8. The summed E-state index contributed by atoms with van der Waals surface area (Å²) in [6.45, 7) is 0.739. The van der Waals surface area contributed by atoms with Gasteiger partial charge in [0, 0.05) is 11.6 Å². The third-order valence-electron chi connectivity index (χ3n) is 3.46. The van der Waals surface area contributed by atoms with Crippen molar-refractivity contribution in [2.45, 2.75) is 24.9 Å². The molecule has 17 heavy (non-hydrogen) atoms. The van der Waals surface area contributed by atoms with Crippen LogP contribution < -0.4 is 10.5 Å². The van der Waals surface area contributed by atoms with Crippen molar-refractivity contribution in [2.75, 3.05) is 13.7 Å². The van der Waals surface area contributed by atoms with Crippen molar-refractivity contribution in [3.63, 3.8) is 0 Å². The van der Waals surface area contributed by atoms with Crippen molar-refractivity contribution in [3.05, 3.63) is 29.8 Å². The molecule has 3 rings (SSSR count). The third kappa shape index (κ3) is 1.73. The van der Waals surface area contributed by atoms with Crippen molar-refractivity contribution >= 4 is 5.96 Å². The van der Waals surface area contributed by atoms with Crippen LogP contribution in [0.1, 0.15) is 24.4 Å². The summed E-state index contributed by atoms with van der Waals surface area (Å²) in [7, 11) is 1.71. The van der Waals surface area contributed by atoms with Gasteiger partial charge in [0.25, 0.3) is 0 Å². The molecule has 4 heteroatoms. The lowest BCUT2D eigenvalue weighted by Crippen LogP contribution is -2.37. The molecule has 2 aliphatic rings. The van der Waals surface area contributed by atoms with Crippen LogP contribution in [0.4, 0.5) is 0 Å². The molecule has 1 aliphatic heterocycles. The fourth-order valence-corrected chi connectivity index (χ4v) is 2.49. The molecule has 1 fully saturated rings. The van der Waals surface area contributed by atoms with Gasteiger partial charge in [0.1, 0.15) is 5.75 Å². The standard InChI is InChI=1S/C13H17N3O/c1-17-12-5-3-2-4-10(12)11-8-15-13(14)16(11)9-6-7-9/h2-5,9,11H,6-8H2,1H3,(H2,14,15). The highest BCUT2D eigenvalue weighted by molar-refractivity contribution is 5.81. The first-order valence-electron chi connectivity index (χ1n) is 6.02. The number of methoxy groups -OCH3 is 1. The summed E-state index contributed by atoms with van der Waals surface area (Å²) in [6.07, 6.45) is 2.45. The molecule has 0 radical (unpaired) electrons. The first-order valence-corrected chi connectivity index (χ1v) is 6.02. The Balaban J connectivity index is 1.93. The van der Waals surface area contributed by atoms with Gasteiger partial charge in [0.05, 0.1) is 19.7 Å². The minimum absolute atomic E-state index is 0.249. The second kappa shape index (κ2) is 3.95. The second-order valence-electron chi connectivity index (χ2n) is 4.60. The molecule has 1 aromatic carbocycles. The number of nitrogens with zero attached hydrogens (tertiary/aromatic N) is 2. The van der Waals surface area contributed by atoms with Gasteiger partial charge in [-0.3, -0.25) is 4.99 Å². The van der Waals surface area contributed by atoms with Gasteiger partial charge >= 0.3 is 0 Å². The molecule has 0 aromatic heterocycles. The van der Waals surface area contributed by atoms with Crippen LogP contribution in [0, 0.1) is 0 Å². The van der Waals surface area contributed by atoms with Crippen molar-refractivity contribution in [3.8, 4) is 5.75 Å². The van der Waals surface area contributed by atoms with Crippen LogP contribution in [0.15, 0.2) is 29.3 Å². The normalized spacial score (nSPS) is 23.7. The SMILES string of the molecule is COc1ccccc1C1CN=C(N)N1C1CC1. The Bertz CT molecular complexity index is 454. The number of para-hydroxylation sites is 1. The molecular weight excluding hydrogens is 214 g/mol. The molecule has 1 aromatic rings. The maximum Gasteiger partial charge on any atom is 0.192 e. The lowest BCUT2D eigenvalue weighted by atomic mass is 10.0. The van der Waals surface area contributed by atoms with Crippen LogP contribution in [-0.4, -0.2) is 30.6 Å². The summed E-state index contributed by atoms with van der Waals surface area (Å²) in [4.78, 5) is 6.62. The Morgan fingerprint density at radius 2 is 2.12 bits per heavy atom. The van der Waals surface area contributed by atoms with Gasteiger partial charge in [-0.05, 0) is 18.9 Å². The number of guanidine groups is 1. The Labute approximate surface area is 101 Å². The van der Waals surface area contributed by atoms with Gasteiger partial charge in [-0.1, -0.05) is 18.2 Å². The summed E-state index contributed by atoms with van der Waals surface area (Å²) in [5.74, 6) is 1.61. The molecule has 1 aliphatic carbocycles. The predicted octanol–water partition coefficient (Wildman–Crippen LogP) is 1.53. The molecule has 90 valence electrons. The maximum absolute atomic E-state index is 5.97. The minimum atomic E-state index is 0.249. The Morgan fingerprint density at radius 3 is 2.82 bits per heavy atom. The second-order valence-corrected chi connectivity index (χ2v) is 4.60.